The van der Waals surface area contributed by atoms with Crippen molar-refractivity contribution in [2.24, 2.45) is 0 Å². The molecule has 40 heavy (non-hydrogen) atoms. The van der Waals surface area contributed by atoms with Crippen molar-refractivity contribution in [3.8, 4) is 5.75 Å². The van der Waals surface area contributed by atoms with Crippen molar-refractivity contribution in [3.63, 3.8) is 0 Å². The van der Waals surface area contributed by atoms with Gasteiger partial charge >= 0.3 is 5.97 Å². The lowest BCUT2D eigenvalue weighted by Crippen LogP contribution is -2.42. The second-order valence-corrected chi connectivity index (χ2v) is 11.4. The van der Waals surface area contributed by atoms with Crippen molar-refractivity contribution in [1.29, 1.82) is 0 Å². The number of carbonyl (C=O) groups excluding carboxylic acids is 2. The molecule has 0 bridgehead atoms. The lowest BCUT2D eigenvalue weighted by atomic mass is 10.0. The van der Waals surface area contributed by atoms with Crippen LogP contribution >= 0.6 is 11.3 Å². The normalized spacial score (nSPS) is 12.2. The highest BCUT2D eigenvalue weighted by Gasteiger charge is 2.33. The Bertz CT molecular complexity index is 1650. The maximum absolute atomic E-state index is 14.0. The number of carbonyl (C=O) groups is 2. The first kappa shape index (κ1) is 29.0. The van der Waals surface area contributed by atoms with Crippen LogP contribution in [0, 0.1) is 0 Å². The molecule has 2 heterocycles. The summed E-state index contributed by atoms with van der Waals surface area (Å²) in [7, 11) is -4.25. The molecule has 4 aromatic rings. The number of thiophene rings is 1. The van der Waals surface area contributed by atoms with Crippen molar-refractivity contribution in [2.45, 2.75) is 31.3 Å². The lowest BCUT2D eigenvalue weighted by molar-refractivity contribution is -0.145. The molecule has 0 aliphatic heterocycles. The quantitative estimate of drug-likeness (QED) is 0.243. The molecule has 0 spiro atoms. The molecule has 2 aromatic carbocycles. The first-order chi connectivity index (χ1) is 19.2. The van der Waals surface area contributed by atoms with Gasteiger partial charge in [-0.1, -0.05) is 24.3 Å². The van der Waals surface area contributed by atoms with Crippen LogP contribution in [0.15, 0.2) is 81.8 Å². The third-order valence-corrected chi connectivity index (χ3v) is 8.31. The predicted molar refractivity (Wildman–Crippen MR) is 152 cm³/mol. The number of H-pyrrole nitrogens is 1. The van der Waals surface area contributed by atoms with Crippen LogP contribution < -0.4 is 15.0 Å². The van der Waals surface area contributed by atoms with Gasteiger partial charge in [-0.3, -0.25) is 9.59 Å². The smallest absolute Gasteiger partial charge is 0.344 e. The number of esters is 1. The lowest BCUT2D eigenvalue weighted by Gasteiger charge is -2.28. The molecule has 1 amide bonds. The number of aromatic amines is 1. The Kier molecular flexibility index (Phi) is 9.35. The summed E-state index contributed by atoms with van der Waals surface area (Å²) >= 11 is 1.49. The highest BCUT2D eigenvalue weighted by atomic mass is 32.2. The minimum absolute atomic E-state index is 0.0870. The zero-order valence-corrected chi connectivity index (χ0v) is 23.6. The predicted octanol–water partition coefficient (Wildman–Crippen LogP) is 3.60. The number of benzene rings is 2. The summed E-state index contributed by atoms with van der Waals surface area (Å²) in [6, 6.07) is 16.0. The Balaban J connectivity index is 1.73. The first-order valence-electron chi connectivity index (χ1n) is 12.6. The van der Waals surface area contributed by atoms with Gasteiger partial charge in [-0.2, -0.15) is 4.72 Å². The molecule has 0 saturated heterocycles. The van der Waals surface area contributed by atoms with E-state index in [2.05, 4.69) is 9.71 Å². The van der Waals surface area contributed by atoms with Crippen LogP contribution in [0.2, 0.25) is 0 Å². The van der Waals surface area contributed by atoms with Gasteiger partial charge in [-0.05, 0) is 61.0 Å². The number of pyridine rings is 1. The van der Waals surface area contributed by atoms with Crippen molar-refractivity contribution in [3.05, 3.63) is 92.9 Å². The van der Waals surface area contributed by atoms with Crippen LogP contribution in [0.3, 0.4) is 0 Å². The number of amides is 1. The molecular formula is C28H29N3O7S2. The zero-order chi connectivity index (χ0) is 28.7. The van der Waals surface area contributed by atoms with Crippen molar-refractivity contribution < 1.29 is 27.5 Å². The monoisotopic (exact) mass is 583 g/mol. The zero-order valence-electron chi connectivity index (χ0n) is 22.0. The number of nitrogens with one attached hydrogen (secondary N) is 2. The Morgan fingerprint density at radius 3 is 2.58 bits per heavy atom. The average molecular weight is 584 g/mol. The fourth-order valence-electron chi connectivity index (χ4n) is 4.08. The molecule has 0 fully saturated rings. The van der Waals surface area contributed by atoms with E-state index in [-0.39, 0.29) is 28.4 Å². The molecule has 2 aromatic heterocycles. The number of fused-ring (bicyclic) bond motifs is 1. The second-order valence-electron chi connectivity index (χ2n) is 8.69. The molecule has 0 unspecified atom stereocenters. The van der Waals surface area contributed by atoms with Crippen LogP contribution in [0.1, 0.15) is 30.3 Å². The SMILES string of the molecule is CCOC(=O)COc1ccccc1[C@@H](NS(=O)(=O)c1ccc2[nH]c(=O)ccc2c1)C(=O)N(CC)Cc1cccs1. The fraction of sp³-hybridized carbons (Fsp3) is 0.250. The minimum atomic E-state index is -4.25. The molecule has 0 aliphatic carbocycles. The van der Waals surface area contributed by atoms with Crippen molar-refractivity contribution in [1.82, 2.24) is 14.6 Å². The van der Waals surface area contributed by atoms with Crippen LogP contribution in [-0.2, 0) is 30.9 Å². The van der Waals surface area contributed by atoms with Crippen LogP contribution in [0.4, 0.5) is 0 Å². The Morgan fingerprint density at radius 2 is 1.85 bits per heavy atom. The summed E-state index contributed by atoms with van der Waals surface area (Å²) < 4.78 is 40.5. The largest absolute Gasteiger partial charge is 0.482 e. The number of rotatable bonds is 12. The molecule has 0 radical (unpaired) electrons. The summed E-state index contributed by atoms with van der Waals surface area (Å²) in [5.74, 6) is -0.917. The van der Waals surface area contributed by atoms with Gasteiger partial charge in [0.1, 0.15) is 11.8 Å². The summed E-state index contributed by atoms with van der Waals surface area (Å²) in [4.78, 5) is 42.6. The molecule has 12 heteroatoms. The van der Waals surface area contributed by atoms with Crippen LogP contribution in [0.25, 0.3) is 10.9 Å². The number of aromatic nitrogens is 1. The Morgan fingerprint density at radius 1 is 1.05 bits per heavy atom. The number of sulfonamides is 1. The van der Waals surface area contributed by atoms with Gasteiger partial charge in [0.25, 0.3) is 0 Å². The third-order valence-electron chi connectivity index (χ3n) is 6.03. The summed E-state index contributed by atoms with van der Waals surface area (Å²) in [5, 5.41) is 2.41. The third kappa shape index (κ3) is 6.95. The molecular weight excluding hydrogens is 554 g/mol. The highest BCUT2D eigenvalue weighted by Crippen LogP contribution is 2.30. The summed E-state index contributed by atoms with van der Waals surface area (Å²) in [6.45, 7) is 3.87. The van der Waals surface area contributed by atoms with E-state index >= 15 is 0 Å². The molecule has 1 atom stereocenters. The number of ether oxygens (including phenoxy) is 2. The highest BCUT2D eigenvalue weighted by molar-refractivity contribution is 7.89. The first-order valence-corrected chi connectivity index (χ1v) is 14.9. The van der Waals surface area contributed by atoms with Gasteiger partial charge in [0.05, 0.1) is 18.0 Å². The van der Waals surface area contributed by atoms with Gasteiger partial charge in [0.2, 0.25) is 21.5 Å². The number of hydrogen-bond donors (Lipinski definition) is 2. The van der Waals surface area contributed by atoms with Gasteiger partial charge in [0.15, 0.2) is 6.61 Å². The fourth-order valence-corrected chi connectivity index (χ4v) is 6.00. The van der Waals surface area contributed by atoms with E-state index in [1.165, 1.54) is 41.7 Å². The van der Waals surface area contributed by atoms with E-state index in [0.717, 1.165) is 4.88 Å². The summed E-state index contributed by atoms with van der Waals surface area (Å²) in [6.07, 6.45) is 0. The van der Waals surface area contributed by atoms with E-state index in [4.69, 9.17) is 9.47 Å². The van der Waals surface area contributed by atoms with E-state index < -0.39 is 34.5 Å². The van der Waals surface area contributed by atoms with Gasteiger partial charge in [-0.25, -0.2) is 13.2 Å². The minimum Gasteiger partial charge on any atom is -0.482 e. The molecule has 210 valence electrons. The van der Waals surface area contributed by atoms with Crippen LogP contribution in [-0.4, -0.2) is 49.9 Å². The molecule has 4 rings (SSSR count). The van der Waals surface area contributed by atoms with Crippen molar-refractivity contribution >= 4 is 44.1 Å². The number of likely N-dealkylation sites (N-methyl/N-ethyl adjacent to an activating group) is 1. The molecule has 0 saturated carbocycles. The second kappa shape index (κ2) is 12.9. The number of nitrogens with zero attached hydrogens (tertiary/aromatic N) is 1. The van der Waals surface area contributed by atoms with Crippen LogP contribution in [0.5, 0.6) is 5.75 Å². The standard InChI is InChI=1S/C28H29N3O7S2/c1-3-31(17-20-8-7-15-39-20)28(34)27(22-9-5-6-10-24(22)38-18-26(33)37-4-2)30-40(35,36)21-12-13-23-19(16-21)11-14-25(32)29-23/h5-16,27,30H,3-4,17-18H2,1-2H3,(H,29,32)/t27-/m1/s1. The molecule has 10 nitrogen and oxygen atoms in total. The molecule has 2 N–H and O–H groups in total. The maximum atomic E-state index is 14.0. The number of para-hydroxylation sites is 1. The maximum Gasteiger partial charge on any atom is 0.344 e. The van der Waals surface area contributed by atoms with Gasteiger partial charge in [0, 0.05) is 28.6 Å². The molecule has 0 aliphatic rings. The number of hydrogen-bond acceptors (Lipinski definition) is 8. The Hall–Kier alpha value is -4.00. The van der Waals surface area contributed by atoms with Crippen molar-refractivity contribution in [2.75, 3.05) is 19.8 Å². The van der Waals surface area contributed by atoms with E-state index in [1.807, 2.05) is 24.4 Å². The van der Waals surface area contributed by atoms with Gasteiger partial charge in [-0.15, -0.1) is 11.3 Å². The van der Waals surface area contributed by atoms with E-state index in [9.17, 15) is 22.8 Å². The summed E-state index contributed by atoms with van der Waals surface area (Å²) in [5.41, 5.74) is 0.414. The average Bonchev–Trinajstić information content (AvgIpc) is 3.46. The Labute approximate surface area is 235 Å². The topological polar surface area (TPSA) is 135 Å². The van der Waals surface area contributed by atoms with E-state index in [0.29, 0.717) is 24.0 Å². The van der Waals surface area contributed by atoms with E-state index in [1.54, 1.807) is 36.1 Å². The van der Waals surface area contributed by atoms with Gasteiger partial charge < -0.3 is 19.4 Å².